The summed E-state index contributed by atoms with van der Waals surface area (Å²) in [5.41, 5.74) is 6.62. The standard InChI is InChI=1S/C33H29N3O2S/c1-22-12-14-23(15-13-22)27-8-2-3-9-28(27)31(37)34-25-18-16-24(17-19-25)32(38)36-21-26-7-6-20-35(26)33(39)29-10-4-5-11-30(29)36/h2-5,8-19,26H,6-7,20-21H2,1H3,(H,34,37)/t26-/m0/s1. The van der Waals surface area contributed by atoms with Gasteiger partial charge in [-0.2, -0.15) is 0 Å². The fraction of sp³-hybridized carbons (Fsp3) is 0.182. The Bertz CT molecular complexity index is 1560. The highest BCUT2D eigenvalue weighted by atomic mass is 32.1. The molecule has 39 heavy (non-hydrogen) atoms. The molecule has 2 heterocycles. The van der Waals surface area contributed by atoms with Gasteiger partial charge in [0.2, 0.25) is 0 Å². The number of fused-ring (bicyclic) bond motifs is 2. The van der Waals surface area contributed by atoms with Crippen LogP contribution >= 0.6 is 12.2 Å². The first-order valence-corrected chi connectivity index (χ1v) is 13.7. The Morgan fingerprint density at radius 1 is 0.846 bits per heavy atom. The van der Waals surface area contributed by atoms with Crippen LogP contribution in [0.5, 0.6) is 0 Å². The number of aryl methyl sites for hydroxylation is 1. The Kier molecular flexibility index (Phi) is 6.71. The Morgan fingerprint density at radius 3 is 2.31 bits per heavy atom. The van der Waals surface area contributed by atoms with Gasteiger partial charge < -0.3 is 15.1 Å². The van der Waals surface area contributed by atoms with Crippen molar-refractivity contribution in [1.29, 1.82) is 0 Å². The van der Waals surface area contributed by atoms with Crippen LogP contribution in [0.15, 0.2) is 97.1 Å². The van der Waals surface area contributed by atoms with Crippen LogP contribution in [0, 0.1) is 6.92 Å². The predicted octanol–water partition coefficient (Wildman–Crippen LogP) is 6.71. The zero-order chi connectivity index (χ0) is 26.9. The number of amides is 2. The number of hydrogen-bond acceptors (Lipinski definition) is 3. The lowest BCUT2D eigenvalue weighted by molar-refractivity contribution is 0.0982. The summed E-state index contributed by atoms with van der Waals surface area (Å²) in [6.07, 6.45) is 2.10. The summed E-state index contributed by atoms with van der Waals surface area (Å²) in [6.45, 7) is 3.58. The maximum Gasteiger partial charge on any atom is 0.258 e. The molecule has 4 aromatic rings. The first-order valence-electron chi connectivity index (χ1n) is 13.3. The number of thiocarbonyl (C=S) groups is 1. The van der Waals surface area contributed by atoms with Crippen molar-refractivity contribution in [3.63, 3.8) is 0 Å². The number of benzene rings is 4. The molecule has 0 saturated carbocycles. The van der Waals surface area contributed by atoms with Crippen LogP contribution in [-0.2, 0) is 0 Å². The summed E-state index contributed by atoms with van der Waals surface area (Å²) in [7, 11) is 0. The minimum atomic E-state index is -0.193. The second-order valence-electron chi connectivity index (χ2n) is 10.2. The molecule has 0 bridgehead atoms. The normalized spacial score (nSPS) is 16.3. The zero-order valence-electron chi connectivity index (χ0n) is 21.8. The number of nitrogens with zero attached hydrogens (tertiary/aromatic N) is 2. The van der Waals surface area contributed by atoms with Crippen molar-refractivity contribution in [2.24, 2.45) is 0 Å². The third kappa shape index (κ3) is 4.84. The molecule has 6 heteroatoms. The monoisotopic (exact) mass is 531 g/mol. The number of nitrogens with one attached hydrogen (secondary N) is 1. The SMILES string of the molecule is Cc1ccc(-c2ccccc2C(=O)Nc2ccc(C(=O)N3C[C@@H]4CCCN4C(=S)c4ccccc43)cc2)cc1. The van der Waals surface area contributed by atoms with E-state index >= 15 is 0 Å². The average molecular weight is 532 g/mol. The van der Waals surface area contributed by atoms with E-state index in [2.05, 4.69) is 10.2 Å². The predicted molar refractivity (Wildman–Crippen MR) is 161 cm³/mol. The van der Waals surface area contributed by atoms with E-state index < -0.39 is 0 Å². The number of rotatable bonds is 4. The lowest BCUT2D eigenvalue weighted by Crippen LogP contribution is -2.41. The van der Waals surface area contributed by atoms with Gasteiger partial charge in [0, 0.05) is 41.5 Å². The molecule has 2 aliphatic heterocycles. The van der Waals surface area contributed by atoms with Crippen LogP contribution in [-0.4, -0.2) is 40.8 Å². The second kappa shape index (κ2) is 10.5. The van der Waals surface area contributed by atoms with E-state index in [9.17, 15) is 9.59 Å². The van der Waals surface area contributed by atoms with Crippen molar-refractivity contribution >= 4 is 40.4 Å². The van der Waals surface area contributed by atoms with E-state index in [1.54, 1.807) is 24.3 Å². The van der Waals surface area contributed by atoms with Gasteiger partial charge in [0.15, 0.2) is 0 Å². The van der Waals surface area contributed by atoms with Gasteiger partial charge in [0.1, 0.15) is 4.99 Å². The number of para-hydroxylation sites is 1. The molecular weight excluding hydrogens is 502 g/mol. The number of carbonyl (C=O) groups excluding carboxylic acids is 2. The third-order valence-corrected chi connectivity index (χ3v) is 8.08. The molecule has 4 aromatic carbocycles. The summed E-state index contributed by atoms with van der Waals surface area (Å²) in [5.74, 6) is -0.261. The molecule has 0 radical (unpaired) electrons. The van der Waals surface area contributed by atoms with E-state index in [4.69, 9.17) is 12.2 Å². The second-order valence-corrected chi connectivity index (χ2v) is 10.6. The average Bonchev–Trinajstić information content (AvgIpc) is 3.40. The van der Waals surface area contributed by atoms with E-state index in [0.717, 1.165) is 46.8 Å². The Balaban J connectivity index is 1.23. The summed E-state index contributed by atoms with van der Waals surface area (Å²) >= 11 is 5.83. The van der Waals surface area contributed by atoms with Gasteiger partial charge in [-0.3, -0.25) is 9.59 Å². The lowest BCUT2D eigenvalue weighted by Gasteiger charge is -2.27. The Morgan fingerprint density at radius 2 is 1.54 bits per heavy atom. The van der Waals surface area contributed by atoms with Crippen molar-refractivity contribution in [1.82, 2.24) is 4.90 Å². The van der Waals surface area contributed by atoms with E-state index in [1.165, 1.54) is 5.56 Å². The molecule has 194 valence electrons. The van der Waals surface area contributed by atoms with Crippen LogP contribution in [0.2, 0.25) is 0 Å². The molecule has 2 aliphatic rings. The molecule has 5 nitrogen and oxygen atoms in total. The van der Waals surface area contributed by atoms with E-state index in [0.29, 0.717) is 23.4 Å². The van der Waals surface area contributed by atoms with Gasteiger partial charge in [-0.1, -0.05) is 72.4 Å². The third-order valence-electron chi connectivity index (χ3n) is 7.63. The summed E-state index contributed by atoms with van der Waals surface area (Å²) in [5, 5.41) is 3.00. The summed E-state index contributed by atoms with van der Waals surface area (Å²) in [4.78, 5) is 32.0. The Labute approximate surface area is 234 Å². The van der Waals surface area contributed by atoms with Gasteiger partial charge in [0.05, 0.1) is 5.69 Å². The maximum absolute atomic E-state index is 13.8. The summed E-state index contributed by atoms with van der Waals surface area (Å²) < 4.78 is 0. The van der Waals surface area contributed by atoms with Crippen molar-refractivity contribution < 1.29 is 9.59 Å². The van der Waals surface area contributed by atoms with Gasteiger partial charge in [-0.05, 0) is 73.4 Å². The maximum atomic E-state index is 13.8. The van der Waals surface area contributed by atoms with Gasteiger partial charge in [0.25, 0.3) is 11.8 Å². The van der Waals surface area contributed by atoms with Gasteiger partial charge >= 0.3 is 0 Å². The molecule has 1 saturated heterocycles. The highest BCUT2D eigenvalue weighted by molar-refractivity contribution is 7.80. The van der Waals surface area contributed by atoms with Crippen LogP contribution in [0.1, 0.15) is 44.7 Å². The number of anilines is 2. The minimum absolute atomic E-state index is 0.0680. The zero-order valence-corrected chi connectivity index (χ0v) is 22.6. The quantitative estimate of drug-likeness (QED) is 0.297. The Hall–Kier alpha value is -4.29. The smallest absolute Gasteiger partial charge is 0.258 e. The van der Waals surface area contributed by atoms with Crippen LogP contribution in [0.3, 0.4) is 0 Å². The molecule has 0 aromatic heterocycles. The van der Waals surface area contributed by atoms with E-state index in [-0.39, 0.29) is 17.9 Å². The number of carbonyl (C=O) groups is 2. The molecule has 2 amide bonds. The van der Waals surface area contributed by atoms with Gasteiger partial charge in [-0.15, -0.1) is 0 Å². The first-order chi connectivity index (χ1) is 19.0. The molecule has 1 atom stereocenters. The minimum Gasteiger partial charge on any atom is -0.357 e. The largest absolute Gasteiger partial charge is 0.357 e. The molecular formula is C33H29N3O2S. The molecule has 0 spiro atoms. The molecule has 1 N–H and O–H groups in total. The van der Waals surface area contributed by atoms with Crippen molar-refractivity contribution in [3.05, 3.63) is 119 Å². The van der Waals surface area contributed by atoms with Crippen LogP contribution < -0.4 is 10.2 Å². The highest BCUT2D eigenvalue weighted by Gasteiger charge is 2.36. The number of hydrogen-bond donors (Lipinski definition) is 1. The van der Waals surface area contributed by atoms with Crippen molar-refractivity contribution in [2.45, 2.75) is 25.8 Å². The fourth-order valence-corrected chi connectivity index (χ4v) is 5.97. The van der Waals surface area contributed by atoms with Crippen LogP contribution in [0.25, 0.3) is 11.1 Å². The van der Waals surface area contributed by atoms with Crippen molar-refractivity contribution in [3.8, 4) is 11.1 Å². The highest BCUT2D eigenvalue weighted by Crippen LogP contribution is 2.33. The molecule has 1 fully saturated rings. The van der Waals surface area contributed by atoms with Crippen LogP contribution in [0.4, 0.5) is 11.4 Å². The lowest BCUT2D eigenvalue weighted by atomic mass is 9.98. The fourth-order valence-electron chi connectivity index (χ4n) is 5.56. The first kappa shape index (κ1) is 25.0. The van der Waals surface area contributed by atoms with Crippen molar-refractivity contribution in [2.75, 3.05) is 23.3 Å². The molecule has 0 unspecified atom stereocenters. The summed E-state index contributed by atoms with van der Waals surface area (Å²) in [6, 6.07) is 31.0. The van der Waals surface area contributed by atoms with Gasteiger partial charge in [-0.25, -0.2) is 0 Å². The molecule has 6 rings (SSSR count). The van der Waals surface area contributed by atoms with E-state index in [1.807, 2.05) is 84.6 Å². The topological polar surface area (TPSA) is 52.7 Å². The molecule has 0 aliphatic carbocycles.